The summed E-state index contributed by atoms with van der Waals surface area (Å²) in [7, 11) is 0. The first-order valence-corrected chi connectivity index (χ1v) is 8.63. The lowest BCUT2D eigenvalue weighted by molar-refractivity contribution is 0.0526. The van der Waals surface area contributed by atoms with Gasteiger partial charge in [-0.1, -0.05) is 26.2 Å². The summed E-state index contributed by atoms with van der Waals surface area (Å²) in [5.41, 5.74) is 0.581. The zero-order valence-electron chi connectivity index (χ0n) is 13.8. The number of carbonyl (C=O) groups excluding carboxylic acids is 1. The molecule has 3 nitrogen and oxygen atoms in total. The summed E-state index contributed by atoms with van der Waals surface area (Å²) in [6.45, 7) is 4.56. The normalized spacial score (nSPS) is 23.0. The molecule has 0 aromatic heterocycles. The molecule has 1 aromatic rings. The minimum Gasteiger partial charge on any atom is -0.490 e. The predicted octanol–water partition coefficient (Wildman–Crippen LogP) is 4.99. The van der Waals surface area contributed by atoms with Gasteiger partial charge in [-0.3, -0.25) is 0 Å². The van der Waals surface area contributed by atoms with Crippen LogP contribution in [0.5, 0.6) is 5.75 Å². The van der Waals surface area contributed by atoms with Gasteiger partial charge >= 0.3 is 5.97 Å². The molecule has 1 saturated carbocycles. The molecule has 2 rings (SSSR count). The minimum atomic E-state index is -0.273. The number of carbonyl (C=O) groups is 1. The third kappa shape index (κ3) is 5.36. The van der Waals surface area contributed by atoms with E-state index >= 15 is 0 Å². The van der Waals surface area contributed by atoms with Crippen LogP contribution in [0.1, 0.15) is 69.2 Å². The van der Waals surface area contributed by atoms with E-state index in [0.29, 0.717) is 18.3 Å². The van der Waals surface area contributed by atoms with Crippen molar-refractivity contribution in [3.63, 3.8) is 0 Å². The molecule has 1 aromatic carbocycles. The van der Waals surface area contributed by atoms with Gasteiger partial charge in [0.1, 0.15) is 5.75 Å². The molecule has 0 radical (unpaired) electrons. The zero-order valence-corrected chi connectivity index (χ0v) is 13.8. The highest BCUT2D eigenvalue weighted by atomic mass is 16.5. The molecule has 0 aliphatic heterocycles. The Hall–Kier alpha value is -1.51. The maximum absolute atomic E-state index is 11.6. The summed E-state index contributed by atoms with van der Waals surface area (Å²) in [4.78, 5) is 11.6. The number of hydrogen-bond acceptors (Lipinski definition) is 3. The molecule has 1 aliphatic rings. The van der Waals surface area contributed by atoms with Crippen LogP contribution < -0.4 is 4.74 Å². The van der Waals surface area contributed by atoms with Gasteiger partial charge in [-0.2, -0.15) is 0 Å². The lowest BCUT2D eigenvalue weighted by Gasteiger charge is -2.19. The molecule has 3 heteroatoms. The first-order valence-electron chi connectivity index (χ1n) is 8.63. The van der Waals surface area contributed by atoms with E-state index in [2.05, 4.69) is 6.92 Å². The van der Waals surface area contributed by atoms with Gasteiger partial charge < -0.3 is 9.47 Å². The SMILES string of the molecule is CCOC(=O)c1ccc(O[C@@H]2CCCCCC(C)CC2)cc1. The van der Waals surface area contributed by atoms with Crippen molar-refractivity contribution < 1.29 is 14.3 Å². The average Bonchev–Trinajstić information content (AvgIpc) is 2.61. The van der Waals surface area contributed by atoms with E-state index < -0.39 is 0 Å². The van der Waals surface area contributed by atoms with Crippen LogP contribution in [0.2, 0.25) is 0 Å². The van der Waals surface area contributed by atoms with Crippen LogP contribution in [-0.2, 0) is 4.74 Å². The first kappa shape index (κ1) is 16.9. The second-order valence-electron chi connectivity index (χ2n) is 6.31. The molecule has 0 bridgehead atoms. The smallest absolute Gasteiger partial charge is 0.338 e. The molecule has 0 N–H and O–H groups in total. The van der Waals surface area contributed by atoms with Crippen LogP contribution in [0.25, 0.3) is 0 Å². The van der Waals surface area contributed by atoms with Gasteiger partial charge in [-0.05, 0) is 62.8 Å². The van der Waals surface area contributed by atoms with Gasteiger partial charge in [-0.15, -0.1) is 0 Å². The molecule has 1 fully saturated rings. The molecule has 1 aliphatic carbocycles. The van der Waals surface area contributed by atoms with Gasteiger partial charge in [-0.25, -0.2) is 4.79 Å². The second kappa shape index (κ2) is 8.82. The first-order chi connectivity index (χ1) is 10.7. The van der Waals surface area contributed by atoms with E-state index in [0.717, 1.165) is 24.5 Å². The van der Waals surface area contributed by atoms with E-state index in [9.17, 15) is 4.79 Å². The third-order valence-electron chi connectivity index (χ3n) is 4.37. The Bertz CT molecular complexity index is 452. The van der Waals surface area contributed by atoms with Crippen molar-refractivity contribution in [2.24, 2.45) is 5.92 Å². The number of rotatable bonds is 4. The van der Waals surface area contributed by atoms with Gasteiger partial charge in [0.2, 0.25) is 0 Å². The number of esters is 1. The van der Waals surface area contributed by atoms with Crippen molar-refractivity contribution in [1.82, 2.24) is 0 Å². The molecule has 0 amide bonds. The molecule has 122 valence electrons. The van der Waals surface area contributed by atoms with Crippen molar-refractivity contribution in [3.8, 4) is 5.75 Å². The summed E-state index contributed by atoms with van der Waals surface area (Å²) in [5.74, 6) is 1.38. The fourth-order valence-corrected chi connectivity index (χ4v) is 2.99. The van der Waals surface area contributed by atoms with Crippen LogP contribution in [0, 0.1) is 5.92 Å². The number of hydrogen-bond donors (Lipinski definition) is 0. The van der Waals surface area contributed by atoms with Crippen molar-refractivity contribution in [3.05, 3.63) is 29.8 Å². The molecule has 1 unspecified atom stereocenters. The Morgan fingerprint density at radius 3 is 2.50 bits per heavy atom. The monoisotopic (exact) mass is 304 g/mol. The molecular formula is C19H28O3. The molecule has 0 spiro atoms. The highest BCUT2D eigenvalue weighted by Crippen LogP contribution is 2.25. The third-order valence-corrected chi connectivity index (χ3v) is 4.37. The quantitative estimate of drug-likeness (QED) is 0.735. The fourth-order valence-electron chi connectivity index (χ4n) is 2.99. The van der Waals surface area contributed by atoms with Crippen LogP contribution in [0.4, 0.5) is 0 Å². The molecular weight excluding hydrogens is 276 g/mol. The van der Waals surface area contributed by atoms with Crippen molar-refractivity contribution in [2.75, 3.05) is 6.61 Å². The average molecular weight is 304 g/mol. The number of benzene rings is 1. The maximum Gasteiger partial charge on any atom is 0.338 e. The minimum absolute atomic E-state index is 0.273. The molecule has 0 saturated heterocycles. The Morgan fingerprint density at radius 1 is 1.05 bits per heavy atom. The Kier molecular flexibility index (Phi) is 6.75. The fraction of sp³-hybridized carbons (Fsp3) is 0.632. The van der Waals surface area contributed by atoms with E-state index in [1.165, 1.54) is 32.1 Å². The predicted molar refractivity (Wildman–Crippen MR) is 88.3 cm³/mol. The Morgan fingerprint density at radius 2 is 1.77 bits per heavy atom. The maximum atomic E-state index is 11.6. The zero-order chi connectivity index (χ0) is 15.8. The van der Waals surface area contributed by atoms with Gasteiger partial charge in [0, 0.05) is 0 Å². The van der Waals surface area contributed by atoms with E-state index in [1.54, 1.807) is 12.1 Å². The molecule has 22 heavy (non-hydrogen) atoms. The van der Waals surface area contributed by atoms with Crippen molar-refractivity contribution in [1.29, 1.82) is 0 Å². The van der Waals surface area contributed by atoms with Crippen molar-refractivity contribution in [2.45, 2.75) is 64.9 Å². The number of ether oxygens (including phenoxy) is 2. The Balaban J connectivity index is 1.92. The lowest BCUT2D eigenvalue weighted by Crippen LogP contribution is -2.17. The topological polar surface area (TPSA) is 35.5 Å². The van der Waals surface area contributed by atoms with E-state index in [4.69, 9.17) is 9.47 Å². The summed E-state index contributed by atoms with van der Waals surface area (Å²) in [6.07, 6.45) is 9.06. The summed E-state index contributed by atoms with van der Waals surface area (Å²) < 4.78 is 11.1. The van der Waals surface area contributed by atoms with Gasteiger partial charge in [0.05, 0.1) is 18.3 Å². The standard InChI is InChI=1S/C19H28O3/c1-3-21-19(20)16-10-13-18(14-11-16)22-17-8-6-4-5-7-15(2)9-12-17/h10-11,13-15,17H,3-9,12H2,1-2H3/t15?,17-/m1/s1. The van der Waals surface area contributed by atoms with E-state index in [1.807, 2.05) is 19.1 Å². The van der Waals surface area contributed by atoms with Crippen LogP contribution in [-0.4, -0.2) is 18.7 Å². The molecule has 2 atom stereocenters. The summed E-state index contributed by atoms with van der Waals surface area (Å²) in [5, 5.41) is 0. The second-order valence-corrected chi connectivity index (χ2v) is 6.31. The Labute approximate surface area is 134 Å². The highest BCUT2D eigenvalue weighted by Gasteiger charge is 2.15. The summed E-state index contributed by atoms with van der Waals surface area (Å²) >= 11 is 0. The van der Waals surface area contributed by atoms with Crippen LogP contribution in [0.3, 0.4) is 0 Å². The van der Waals surface area contributed by atoms with Crippen LogP contribution >= 0.6 is 0 Å². The highest BCUT2D eigenvalue weighted by molar-refractivity contribution is 5.89. The van der Waals surface area contributed by atoms with E-state index in [-0.39, 0.29) is 5.97 Å². The largest absolute Gasteiger partial charge is 0.490 e. The lowest BCUT2D eigenvalue weighted by atomic mass is 9.99. The van der Waals surface area contributed by atoms with Gasteiger partial charge in [0.15, 0.2) is 0 Å². The van der Waals surface area contributed by atoms with Crippen LogP contribution in [0.15, 0.2) is 24.3 Å². The summed E-state index contributed by atoms with van der Waals surface area (Å²) in [6, 6.07) is 7.32. The molecule has 0 heterocycles. The van der Waals surface area contributed by atoms with Crippen molar-refractivity contribution >= 4 is 5.97 Å². The van der Waals surface area contributed by atoms with Gasteiger partial charge in [0.25, 0.3) is 0 Å².